The van der Waals surface area contributed by atoms with E-state index < -0.39 is 0 Å². The van der Waals surface area contributed by atoms with Crippen LogP contribution in [0.25, 0.3) is 11.1 Å². The Morgan fingerprint density at radius 2 is 1.78 bits per heavy atom. The maximum atomic E-state index is 10.9. The molecule has 0 aliphatic heterocycles. The Kier molecular flexibility index (Phi) is 3.72. The van der Waals surface area contributed by atoms with Crippen LogP contribution in [-0.2, 0) is 11.2 Å². The van der Waals surface area contributed by atoms with Gasteiger partial charge in [0.1, 0.15) is 5.82 Å². The lowest BCUT2D eigenvalue weighted by Crippen LogP contribution is -2.06. The normalized spacial score (nSPS) is 10.1. The van der Waals surface area contributed by atoms with Gasteiger partial charge in [0.05, 0.1) is 0 Å². The summed E-state index contributed by atoms with van der Waals surface area (Å²) < 4.78 is 0. The minimum Gasteiger partial charge on any atom is -0.311 e. The van der Waals surface area contributed by atoms with Crippen molar-refractivity contribution in [3.05, 3.63) is 48.2 Å². The van der Waals surface area contributed by atoms with Crippen molar-refractivity contribution >= 4 is 11.7 Å². The van der Waals surface area contributed by atoms with E-state index in [0.717, 1.165) is 17.5 Å². The van der Waals surface area contributed by atoms with Crippen molar-refractivity contribution in [3.8, 4) is 11.1 Å². The van der Waals surface area contributed by atoms with Gasteiger partial charge in [-0.3, -0.25) is 4.79 Å². The molecule has 0 saturated heterocycles. The predicted molar refractivity (Wildman–Crippen MR) is 73.4 cm³/mol. The maximum Gasteiger partial charge on any atom is 0.222 e. The molecule has 3 heteroatoms. The second-order valence-electron chi connectivity index (χ2n) is 4.16. The summed E-state index contributed by atoms with van der Waals surface area (Å²) in [6, 6.07) is 12.2. The van der Waals surface area contributed by atoms with Crippen LogP contribution in [-0.4, -0.2) is 10.9 Å². The summed E-state index contributed by atoms with van der Waals surface area (Å²) in [5.74, 6) is 0.471. The van der Waals surface area contributed by atoms with Crippen LogP contribution in [0.3, 0.4) is 0 Å². The minimum atomic E-state index is -0.109. The van der Waals surface area contributed by atoms with E-state index in [1.807, 2.05) is 12.1 Å². The zero-order valence-corrected chi connectivity index (χ0v) is 10.6. The van der Waals surface area contributed by atoms with E-state index in [0.29, 0.717) is 5.82 Å². The Hall–Kier alpha value is -2.16. The topological polar surface area (TPSA) is 42.0 Å². The fourth-order valence-electron chi connectivity index (χ4n) is 1.75. The highest BCUT2D eigenvalue weighted by molar-refractivity contribution is 5.87. The number of anilines is 1. The van der Waals surface area contributed by atoms with E-state index in [-0.39, 0.29) is 5.91 Å². The van der Waals surface area contributed by atoms with Crippen LogP contribution in [0.4, 0.5) is 5.82 Å². The van der Waals surface area contributed by atoms with Crippen molar-refractivity contribution in [1.29, 1.82) is 0 Å². The first-order valence-electron chi connectivity index (χ1n) is 6.02. The van der Waals surface area contributed by atoms with E-state index in [2.05, 4.69) is 41.5 Å². The largest absolute Gasteiger partial charge is 0.311 e. The van der Waals surface area contributed by atoms with Crippen LogP contribution in [0.1, 0.15) is 19.4 Å². The van der Waals surface area contributed by atoms with Crippen molar-refractivity contribution in [2.45, 2.75) is 20.3 Å². The second kappa shape index (κ2) is 5.45. The summed E-state index contributed by atoms with van der Waals surface area (Å²) in [5, 5.41) is 2.65. The molecule has 1 heterocycles. The number of carbonyl (C=O) groups is 1. The molecule has 3 nitrogen and oxygen atoms in total. The molecule has 0 radical (unpaired) electrons. The van der Waals surface area contributed by atoms with E-state index in [4.69, 9.17) is 0 Å². The molecule has 0 aliphatic carbocycles. The van der Waals surface area contributed by atoms with Gasteiger partial charge >= 0.3 is 0 Å². The number of nitrogens with one attached hydrogen (secondary N) is 1. The number of aromatic nitrogens is 1. The Balaban J connectivity index is 2.20. The minimum absolute atomic E-state index is 0.109. The van der Waals surface area contributed by atoms with Gasteiger partial charge in [-0.1, -0.05) is 31.2 Å². The molecule has 0 bridgehead atoms. The van der Waals surface area contributed by atoms with Crippen LogP contribution >= 0.6 is 0 Å². The van der Waals surface area contributed by atoms with Crippen LogP contribution in [0.2, 0.25) is 0 Å². The molecule has 0 fully saturated rings. The lowest BCUT2D eigenvalue weighted by Gasteiger charge is -2.05. The van der Waals surface area contributed by atoms with Gasteiger partial charge < -0.3 is 5.32 Å². The number of pyridine rings is 1. The molecule has 18 heavy (non-hydrogen) atoms. The molecule has 0 aliphatic rings. The number of hydrogen-bond acceptors (Lipinski definition) is 2. The number of rotatable bonds is 3. The van der Waals surface area contributed by atoms with Crippen LogP contribution in [0.15, 0.2) is 42.6 Å². The van der Waals surface area contributed by atoms with Crippen molar-refractivity contribution in [3.63, 3.8) is 0 Å². The second-order valence-corrected chi connectivity index (χ2v) is 4.16. The molecule has 0 spiro atoms. The third-order valence-corrected chi connectivity index (χ3v) is 2.76. The van der Waals surface area contributed by atoms with Crippen molar-refractivity contribution in [2.24, 2.45) is 0 Å². The molecule has 1 amide bonds. The van der Waals surface area contributed by atoms with Crippen LogP contribution in [0.5, 0.6) is 0 Å². The Labute approximate surface area is 107 Å². The number of nitrogens with zero attached hydrogens (tertiary/aromatic N) is 1. The average Bonchev–Trinajstić information content (AvgIpc) is 2.39. The summed E-state index contributed by atoms with van der Waals surface area (Å²) in [6.07, 6.45) is 2.81. The SMILES string of the molecule is CCc1ccc(-c2ccc(NC(C)=O)nc2)cc1. The van der Waals surface area contributed by atoms with Crippen molar-refractivity contribution < 1.29 is 4.79 Å². The van der Waals surface area contributed by atoms with Crippen LogP contribution in [0, 0.1) is 0 Å². The first kappa shape index (κ1) is 12.3. The molecule has 0 atom stereocenters. The van der Waals surface area contributed by atoms with Gasteiger partial charge in [0, 0.05) is 18.7 Å². The third kappa shape index (κ3) is 2.94. The van der Waals surface area contributed by atoms with Gasteiger partial charge in [0.25, 0.3) is 0 Å². The van der Waals surface area contributed by atoms with Gasteiger partial charge in [-0.25, -0.2) is 4.98 Å². The van der Waals surface area contributed by atoms with Gasteiger partial charge in [0.15, 0.2) is 0 Å². The zero-order valence-electron chi connectivity index (χ0n) is 10.6. The van der Waals surface area contributed by atoms with Crippen molar-refractivity contribution in [1.82, 2.24) is 4.98 Å². The number of benzene rings is 1. The number of aryl methyl sites for hydroxylation is 1. The lowest BCUT2D eigenvalue weighted by atomic mass is 10.0. The Morgan fingerprint density at radius 3 is 2.28 bits per heavy atom. The first-order chi connectivity index (χ1) is 8.69. The standard InChI is InChI=1S/C15H16N2O/c1-3-12-4-6-13(7-5-12)14-8-9-15(16-10-14)17-11(2)18/h4-10H,3H2,1-2H3,(H,16,17,18). The highest BCUT2D eigenvalue weighted by atomic mass is 16.1. The zero-order chi connectivity index (χ0) is 13.0. The quantitative estimate of drug-likeness (QED) is 0.894. The monoisotopic (exact) mass is 240 g/mol. The molecule has 1 aromatic heterocycles. The maximum absolute atomic E-state index is 10.9. The molecule has 0 saturated carbocycles. The van der Waals surface area contributed by atoms with Gasteiger partial charge in [-0.05, 0) is 29.7 Å². The number of amides is 1. The van der Waals surface area contributed by atoms with Crippen molar-refractivity contribution in [2.75, 3.05) is 5.32 Å². The smallest absolute Gasteiger partial charge is 0.222 e. The summed E-state index contributed by atoms with van der Waals surface area (Å²) in [5.41, 5.74) is 3.50. The molecule has 0 unspecified atom stereocenters. The molecular weight excluding hydrogens is 224 g/mol. The van der Waals surface area contributed by atoms with Gasteiger partial charge in [-0.15, -0.1) is 0 Å². The molecule has 2 aromatic rings. The Morgan fingerprint density at radius 1 is 1.11 bits per heavy atom. The molecule has 2 rings (SSSR count). The predicted octanol–water partition coefficient (Wildman–Crippen LogP) is 3.27. The van der Waals surface area contributed by atoms with E-state index in [9.17, 15) is 4.79 Å². The van der Waals surface area contributed by atoms with Gasteiger partial charge in [0.2, 0.25) is 5.91 Å². The molecule has 1 aromatic carbocycles. The summed E-state index contributed by atoms with van der Waals surface area (Å²) in [4.78, 5) is 15.1. The highest BCUT2D eigenvalue weighted by Crippen LogP contribution is 2.20. The van der Waals surface area contributed by atoms with Crippen LogP contribution < -0.4 is 5.32 Å². The average molecular weight is 240 g/mol. The molecule has 92 valence electrons. The third-order valence-electron chi connectivity index (χ3n) is 2.76. The molecule has 1 N–H and O–H groups in total. The molecular formula is C15H16N2O. The number of carbonyl (C=O) groups excluding carboxylic acids is 1. The van der Waals surface area contributed by atoms with E-state index in [1.54, 1.807) is 6.20 Å². The fraction of sp³-hybridized carbons (Fsp3) is 0.200. The summed E-state index contributed by atoms with van der Waals surface area (Å²) in [6.45, 7) is 3.61. The fourth-order valence-corrected chi connectivity index (χ4v) is 1.75. The van der Waals surface area contributed by atoms with E-state index >= 15 is 0 Å². The summed E-state index contributed by atoms with van der Waals surface area (Å²) in [7, 11) is 0. The number of hydrogen-bond donors (Lipinski definition) is 1. The van der Waals surface area contributed by atoms with E-state index in [1.165, 1.54) is 12.5 Å². The summed E-state index contributed by atoms with van der Waals surface area (Å²) >= 11 is 0. The lowest BCUT2D eigenvalue weighted by molar-refractivity contribution is -0.114. The highest BCUT2D eigenvalue weighted by Gasteiger charge is 2.00. The first-order valence-corrected chi connectivity index (χ1v) is 6.02. The van der Waals surface area contributed by atoms with Gasteiger partial charge in [-0.2, -0.15) is 0 Å². The Bertz CT molecular complexity index is 529.